The molecule has 0 bridgehead atoms. The minimum Gasteiger partial charge on any atom is -0.394 e. The molecule has 0 aromatic carbocycles. The normalized spacial score (nSPS) is 31.9. The van der Waals surface area contributed by atoms with Crippen molar-refractivity contribution in [1.82, 2.24) is 10.2 Å². The van der Waals surface area contributed by atoms with E-state index in [1.54, 1.807) is 0 Å². The molecule has 2 saturated heterocycles. The Kier molecular flexibility index (Phi) is 3.59. The summed E-state index contributed by atoms with van der Waals surface area (Å²) in [7, 11) is 0. The van der Waals surface area contributed by atoms with Crippen LogP contribution >= 0.6 is 0 Å². The molecule has 1 amide bonds. The van der Waals surface area contributed by atoms with E-state index in [1.165, 1.54) is 0 Å². The molecule has 0 aromatic rings. The Morgan fingerprint density at radius 3 is 2.93 bits per heavy atom. The Balaban J connectivity index is 1.93. The lowest BCUT2D eigenvalue weighted by atomic mass is 9.98. The molecule has 2 aliphatic heterocycles. The molecule has 2 unspecified atom stereocenters. The fraction of sp³-hybridized carbons (Fsp3) is 0.909. The van der Waals surface area contributed by atoms with Crippen LogP contribution in [0.15, 0.2) is 0 Å². The van der Waals surface area contributed by atoms with Gasteiger partial charge in [0.2, 0.25) is 5.91 Å². The smallest absolute Gasteiger partial charge is 0.227 e. The molecule has 0 radical (unpaired) electrons. The van der Waals surface area contributed by atoms with Crippen LogP contribution in [0.5, 0.6) is 0 Å². The number of nitrogens with one attached hydrogen (secondary N) is 1. The van der Waals surface area contributed by atoms with Gasteiger partial charge in [0.25, 0.3) is 0 Å². The van der Waals surface area contributed by atoms with Crippen LogP contribution in [-0.4, -0.2) is 48.2 Å². The Labute approximate surface area is 90.6 Å². The molecule has 2 rings (SSSR count). The average Bonchev–Trinajstić information content (AvgIpc) is 2.77. The molecule has 0 aliphatic carbocycles. The van der Waals surface area contributed by atoms with Gasteiger partial charge in [-0.2, -0.15) is 0 Å². The van der Waals surface area contributed by atoms with E-state index < -0.39 is 0 Å². The van der Waals surface area contributed by atoms with Crippen molar-refractivity contribution in [3.05, 3.63) is 0 Å². The highest BCUT2D eigenvalue weighted by Crippen LogP contribution is 2.22. The van der Waals surface area contributed by atoms with Crippen LogP contribution in [0.2, 0.25) is 0 Å². The molecule has 2 aliphatic rings. The largest absolute Gasteiger partial charge is 0.394 e. The van der Waals surface area contributed by atoms with E-state index in [9.17, 15) is 9.90 Å². The van der Waals surface area contributed by atoms with Gasteiger partial charge in [-0.3, -0.25) is 4.79 Å². The SMILES string of the molecule is O=C(C1CCCNC1)N1CCCC1CO. The van der Waals surface area contributed by atoms with Crippen molar-refractivity contribution in [1.29, 1.82) is 0 Å². The second-order valence-corrected chi connectivity index (χ2v) is 4.55. The minimum absolute atomic E-state index is 0.0828. The van der Waals surface area contributed by atoms with E-state index in [0.717, 1.165) is 45.3 Å². The van der Waals surface area contributed by atoms with E-state index in [-0.39, 0.29) is 24.5 Å². The first kappa shape index (κ1) is 10.9. The maximum Gasteiger partial charge on any atom is 0.227 e. The monoisotopic (exact) mass is 212 g/mol. The Morgan fingerprint density at radius 1 is 1.40 bits per heavy atom. The quantitative estimate of drug-likeness (QED) is 0.676. The molecule has 2 heterocycles. The summed E-state index contributed by atoms with van der Waals surface area (Å²) in [6.45, 7) is 2.80. The molecule has 2 atom stereocenters. The standard InChI is InChI=1S/C11H20N2O2/c14-8-10-4-2-6-13(10)11(15)9-3-1-5-12-7-9/h9-10,12,14H,1-8H2. The Hall–Kier alpha value is -0.610. The highest BCUT2D eigenvalue weighted by molar-refractivity contribution is 5.79. The van der Waals surface area contributed by atoms with Gasteiger partial charge >= 0.3 is 0 Å². The summed E-state index contributed by atoms with van der Waals surface area (Å²) in [5, 5.41) is 12.4. The first-order chi connectivity index (χ1) is 7.33. The number of hydrogen-bond donors (Lipinski definition) is 2. The van der Waals surface area contributed by atoms with Crippen molar-refractivity contribution >= 4 is 5.91 Å². The van der Waals surface area contributed by atoms with Gasteiger partial charge < -0.3 is 15.3 Å². The van der Waals surface area contributed by atoms with Crippen LogP contribution in [0.1, 0.15) is 25.7 Å². The molecule has 4 heteroatoms. The van der Waals surface area contributed by atoms with E-state index in [0.29, 0.717) is 0 Å². The van der Waals surface area contributed by atoms with Gasteiger partial charge in [0, 0.05) is 13.1 Å². The molecular weight excluding hydrogens is 192 g/mol. The van der Waals surface area contributed by atoms with E-state index in [2.05, 4.69) is 5.32 Å². The number of piperidine rings is 1. The lowest BCUT2D eigenvalue weighted by molar-refractivity contribution is -0.137. The van der Waals surface area contributed by atoms with E-state index in [1.807, 2.05) is 4.90 Å². The fourth-order valence-electron chi connectivity index (χ4n) is 2.61. The summed E-state index contributed by atoms with van der Waals surface area (Å²) in [6, 6.07) is 0.0828. The molecule has 15 heavy (non-hydrogen) atoms. The highest BCUT2D eigenvalue weighted by Gasteiger charge is 2.32. The molecule has 0 aromatic heterocycles. The second kappa shape index (κ2) is 4.94. The third-order valence-corrected chi connectivity index (χ3v) is 3.52. The number of carbonyl (C=O) groups is 1. The van der Waals surface area contributed by atoms with Gasteiger partial charge in [-0.15, -0.1) is 0 Å². The number of carbonyl (C=O) groups excluding carboxylic acids is 1. The van der Waals surface area contributed by atoms with Crippen LogP contribution in [0.4, 0.5) is 0 Å². The third kappa shape index (κ3) is 2.32. The number of rotatable bonds is 2. The van der Waals surface area contributed by atoms with Crippen LogP contribution in [0.25, 0.3) is 0 Å². The Morgan fingerprint density at radius 2 is 2.27 bits per heavy atom. The summed E-state index contributed by atoms with van der Waals surface area (Å²) in [4.78, 5) is 14.0. The number of amides is 1. The van der Waals surface area contributed by atoms with Crippen LogP contribution in [0, 0.1) is 5.92 Å². The van der Waals surface area contributed by atoms with Crippen molar-refractivity contribution in [2.75, 3.05) is 26.2 Å². The van der Waals surface area contributed by atoms with Crippen molar-refractivity contribution in [3.8, 4) is 0 Å². The topological polar surface area (TPSA) is 52.6 Å². The summed E-state index contributed by atoms with van der Waals surface area (Å²) in [5.74, 6) is 0.393. The maximum absolute atomic E-state index is 12.1. The third-order valence-electron chi connectivity index (χ3n) is 3.52. The van der Waals surface area contributed by atoms with Crippen LogP contribution in [-0.2, 0) is 4.79 Å². The first-order valence-corrected chi connectivity index (χ1v) is 5.95. The van der Waals surface area contributed by atoms with Crippen LogP contribution in [0.3, 0.4) is 0 Å². The number of hydrogen-bond acceptors (Lipinski definition) is 3. The molecule has 0 saturated carbocycles. The van der Waals surface area contributed by atoms with Gasteiger partial charge in [-0.1, -0.05) is 0 Å². The summed E-state index contributed by atoms with van der Waals surface area (Å²) >= 11 is 0. The highest BCUT2D eigenvalue weighted by atomic mass is 16.3. The predicted molar refractivity (Wildman–Crippen MR) is 57.4 cm³/mol. The summed E-state index contributed by atoms with van der Waals surface area (Å²) < 4.78 is 0. The minimum atomic E-state index is 0.0828. The summed E-state index contributed by atoms with van der Waals surface area (Å²) in [5.41, 5.74) is 0. The lowest BCUT2D eigenvalue weighted by Gasteiger charge is -2.30. The maximum atomic E-state index is 12.1. The average molecular weight is 212 g/mol. The van der Waals surface area contributed by atoms with Crippen LogP contribution < -0.4 is 5.32 Å². The molecule has 2 fully saturated rings. The second-order valence-electron chi connectivity index (χ2n) is 4.55. The van der Waals surface area contributed by atoms with E-state index >= 15 is 0 Å². The first-order valence-electron chi connectivity index (χ1n) is 5.95. The number of aliphatic hydroxyl groups is 1. The van der Waals surface area contributed by atoms with Gasteiger partial charge in [0.15, 0.2) is 0 Å². The van der Waals surface area contributed by atoms with Crippen molar-refractivity contribution in [3.63, 3.8) is 0 Å². The zero-order valence-corrected chi connectivity index (χ0v) is 9.11. The van der Waals surface area contributed by atoms with Gasteiger partial charge in [-0.05, 0) is 32.2 Å². The van der Waals surface area contributed by atoms with Gasteiger partial charge in [0.1, 0.15) is 0 Å². The van der Waals surface area contributed by atoms with Crippen molar-refractivity contribution in [2.45, 2.75) is 31.7 Å². The zero-order chi connectivity index (χ0) is 10.7. The number of nitrogens with zero attached hydrogens (tertiary/aromatic N) is 1. The number of aliphatic hydroxyl groups excluding tert-OH is 1. The zero-order valence-electron chi connectivity index (χ0n) is 9.11. The van der Waals surface area contributed by atoms with Gasteiger partial charge in [-0.25, -0.2) is 0 Å². The summed E-state index contributed by atoms with van der Waals surface area (Å²) in [6.07, 6.45) is 4.09. The van der Waals surface area contributed by atoms with Crippen molar-refractivity contribution in [2.24, 2.45) is 5.92 Å². The molecule has 86 valence electrons. The fourth-order valence-corrected chi connectivity index (χ4v) is 2.61. The van der Waals surface area contributed by atoms with Crippen molar-refractivity contribution < 1.29 is 9.90 Å². The predicted octanol–water partition coefficient (Wildman–Crippen LogP) is -0.0307. The Bertz CT molecular complexity index is 227. The number of likely N-dealkylation sites (tertiary alicyclic amines) is 1. The van der Waals surface area contributed by atoms with Gasteiger partial charge in [0.05, 0.1) is 18.6 Å². The lowest BCUT2D eigenvalue weighted by Crippen LogP contribution is -2.45. The van der Waals surface area contributed by atoms with E-state index in [4.69, 9.17) is 0 Å². The molecule has 2 N–H and O–H groups in total. The molecule has 0 spiro atoms. The molecular formula is C11H20N2O2. The molecule has 4 nitrogen and oxygen atoms in total.